The highest BCUT2D eigenvalue weighted by Gasteiger charge is 2.26. The molecule has 2 N–H and O–H groups in total. The molecule has 0 amide bonds. The van der Waals surface area contributed by atoms with E-state index in [2.05, 4.69) is 10.1 Å². The van der Waals surface area contributed by atoms with Crippen molar-refractivity contribution in [3.63, 3.8) is 0 Å². The van der Waals surface area contributed by atoms with Gasteiger partial charge in [0.1, 0.15) is 5.69 Å². The van der Waals surface area contributed by atoms with Crippen LogP contribution in [0.4, 0.5) is 14.5 Å². The monoisotopic (exact) mass is 253 g/mol. The summed E-state index contributed by atoms with van der Waals surface area (Å²) in [6.45, 7) is 0. The highest BCUT2D eigenvalue weighted by Crippen LogP contribution is 2.24. The topological polar surface area (TPSA) is 116 Å². The maximum Gasteiger partial charge on any atom is 0.308 e. The fourth-order valence-electron chi connectivity index (χ4n) is 0.917. The van der Waals surface area contributed by atoms with E-state index in [1.54, 1.807) is 0 Å². The molecule has 0 fully saturated rings. The number of nitro groups is 1. The predicted molar refractivity (Wildman–Crippen MR) is 47.2 cm³/mol. The molecule has 1 aromatic rings. The Kier molecular flexibility index (Phi) is 3.14. The number of halogens is 2. The van der Waals surface area contributed by atoms with Gasteiger partial charge in [-0.15, -0.1) is 0 Å². The van der Waals surface area contributed by atoms with Gasteiger partial charge in [-0.1, -0.05) is 0 Å². The summed E-state index contributed by atoms with van der Waals surface area (Å²) in [6.07, 6.45) is -3.04. The Labute approximate surface area is 88.1 Å². The summed E-state index contributed by atoms with van der Waals surface area (Å²) < 4.78 is 46.2. The number of nitrogens with two attached hydrogens (primary N) is 1. The summed E-state index contributed by atoms with van der Waals surface area (Å²) in [4.78, 5) is 12.3. The Morgan fingerprint density at radius 1 is 1.44 bits per heavy atom. The van der Waals surface area contributed by atoms with E-state index >= 15 is 0 Å². The zero-order valence-electron chi connectivity index (χ0n) is 7.50. The molecule has 0 atom stereocenters. The van der Waals surface area contributed by atoms with Crippen molar-refractivity contribution < 1.29 is 22.1 Å². The summed E-state index contributed by atoms with van der Waals surface area (Å²) in [5.41, 5.74) is -1.83. The van der Waals surface area contributed by atoms with Crippen LogP contribution in [0.25, 0.3) is 0 Å². The summed E-state index contributed by atoms with van der Waals surface area (Å²) >= 11 is 0. The lowest BCUT2D eigenvalue weighted by molar-refractivity contribution is -0.388. The number of hydrogen-bond donors (Lipinski definition) is 1. The van der Waals surface area contributed by atoms with Crippen molar-refractivity contribution in [3.8, 4) is 0 Å². The minimum Gasteiger partial charge on any atom is -0.258 e. The normalized spacial score (nSPS) is 11.8. The summed E-state index contributed by atoms with van der Waals surface area (Å²) in [5, 5.41) is 13.9. The van der Waals surface area contributed by atoms with Crippen LogP contribution < -0.4 is 5.14 Å². The van der Waals surface area contributed by atoms with Crippen LogP contribution in [0, 0.1) is 10.1 Å². The molecule has 1 heterocycles. The molecule has 0 bridgehead atoms. The van der Waals surface area contributed by atoms with Crippen LogP contribution in [0.5, 0.6) is 0 Å². The lowest BCUT2D eigenvalue weighted by Crippen LogP contribution is -2.17. The Balaban J connectivity index is 3.51. The summed E-state index contributed by atoms with van der Waals surface area (Å²) in [7, 11) is -4.52. The fourth-order valence-corrected chi connectivity index (χ4v) is 1.58. The van der Waals surface area contributed by atoms with Gasteiger partial charge >= 0.3 is 5.69 Å². The molecule has 0 spiro atoms. The van der Waals surface area contributed by atoms with Crippen molar-refractivity contribution in [2.75, 3.05) is 0 Å². The molecule has 0 unspecified atom stereocenters. The molecule has 0 aliphatic carbocycles. The molecule has 0 aromatic carbocycles. The lowest BCUT2D eigenvalue weighted by Gasteiger charge is -2.02. The largest absolute Gasteiger partial charge is 0.308 e. The quantitative estimate of drug-likeness (QED) is 0.624. The fraction of sp³-hybridized carbons (Fsp3) is 0.167. The summed E-state index contributed by atoms with van der Waals surface area (Å²) in [5.74, 6) is 0. The second-order valence-electron chi connectivity index (χ2n) is 2.66. The number of primary sulfonamides is 1. The Bertz CT molecular complexity index is 531. The second-order valence-corrected chi connectivity index (χ2v) is 4.14. The van der Waals surface area contributed by atoms with Crippen molar-refractivity contribution in [1.29, 1.82) is 0 Å². The molecule has 0 aliphatic rings. The molecule has 1 aromatic heterocycles. The van der Waals surface area contributed by atoms with Crippen molar-refractivity contribution in [2.45, 2.75) is 11.5 Å². The van der Waals surface area contributed by atoms with Crippen LogP contribution in [0.1, 0.15) is 12.1 Å². The minimum atomic E-state index is -4.52. The molecule has 16 heavy (non-hydrogen) atoms. The third-order valence-corrected chi connectivity index (χ3v) is 2.39. The summed E-state index contributed by atoms with van der Waals surface area (Å²) in [6, 6.07) is 1.28. The van der Waals surface area contributed by atoms with Crippen molar-refractivity contribution in [3.05, 3.63) is 27.9 Å². The molecule has 0 saturated heterocycles. The molecule has 10 heteroatoms. The third kappa shape index (κ3) is 2.46. The Morgan fingerprint density at radius 2 is 2.00 bits per heavy atom. The zero-order valence-corrected chi connectivity index (χ0v) is 8.32. The third-order valence-electron chi connectivity index (χ3n) is 1.55. The zero-order chi connectivity index (χ0) is 12.5. The van der Waals surface area contributed by atoms with Gasteiger partial charge in [0.2, 0.25) is 5.03 Å². The Hall–Kier alpha value is -1.68. The van der Waals surface area contributed by atoms with Crippen molar-refractivity contribution in [1.82, 2.24) is 4.98 Å². The molecule has 0 aliphatic heterocycles. The first-order chi connectivity index (χ1) is 7.23. The van der Waals surface area contributed by atoms with Crippen LogP contribution in [0.2, 0.25) is 0 Å². The average Bonchev–Trinajstić information content (AvgIpc) is 2.15. The molecule has 0 saturated carbocycles. The molecular weight excluding hydrogens is 248 g/mol. The molecule has 1 rings (SSSR count). The van der Waals surface area contributed by atoms with Crippen LogP contribution in [0.3, 0.4) is 0 Å². The number of hydrogen-bond acceptors (Lipinski definition) is 5. The minimum absolute atomic E-state index is 0.619. The van der Waals surface area contributed by atoms with Gasteiger partial charge < -0.3 is 0 Å². The number of rotatable bonds is 3. The van der Waals surface area contributed by atoms with Crippen molar-refractivity contribution >= 4 is 15.7 Å². The van der Waals surface area contributed by atoms with Gasteiger partial charge in [0.15, 0.2) is 0 Å². The SMILES string of the molecule is NS(=O)(=O)c1nc(C(F)F)ccc1[N+](=O)[O-]. The second kappa shape index (κ2) is 4.06. The van der Waals surface area contributed by atoms with Gasteiger partial charge in [-0.2, -0.15) is 0 Å². The van der Waals surface area contributed by atoms with Gasteiger partial charge in [0.25, 0.3) is 16.4 Å². The van der Waals surface area contributed by atoms with Gasteiger partial charge in [0, 0.05) is 6.07 Å². The number of aromatic nitrogens is 1. The van der Waals surface area contributed by atoms with Crippen LogP contribution in [0.15, 0.2) is 17.2 Å². The highest BCUT2D eigenvalue weighted by molar-refractivity contribution is 7.89. The van der Waals surface area contributed by atoms with Crippen molar-refractivity contribution in [2.24, 2.45) is 5.14 Å². The van der Waals surface area contributed by atoms with E-state index in [1.807, 2.05) is 0 Å². The number of nitrogens with zero attached hydrogens (tertiary/aromatic N) is 2. The first-order valence-electron chi connectivity index (χ1n) is 3.69. The molecule has 7 nitrogen and oxygen atoms in total. The molecule has 0 radical (unpaired) electrons. The van der Waals surface area contributed by atoms with E-state index < -0.39 is 37.8 Å². The van der Waals surface area contributed by atoms with Crippen LogP contribution in [-0.2, 0) is 10.0 Å². The van der Waals surface area contributed by atoms with E-state index in [0.29, 0.717) is 12.1 Å². The van der Waals surface area contributed by atoms with E-state index in [-0.39, 0.29) is 0 Å². The highest BCUT2D eigenvalue weighted by atomic mass is 32.2. The Morgan fingerprint density at radius 3 is 2.38 bits per heavy atom. The number of alkyl halides is 2. The smallest absolute Gasteiger partial charge is 0.258 e. The van der Waals surface area contributed by atoms with E-state index in [4.69, 9.17) is 0 Å². The lowest BCUT2D eigenvalue weighted by atomic mass is 10.3. The molecule has 88 valence electrons. The van der Waals surface area contributed by atoms with E-state index in [0.717, 1.165) is 0 Å². The number of sulfonamides is 1. The van der Waals surface area contributed by atoms with Crippen LogP contribution in [-0.4, -0.2) is 18.3 Å². The van der Waals surface area contributed by atoms with E-state index in [9.17, 15) is 27.3 Å². The molecular formula is C6H5F2N3O4S. The first-order valence-corrected chi connectivity index (χ1v) is 5.24. The standard InChI is InChI=1S/C6H5F2N3O4S/c7-5(8)3-1-2-4(11(12)13)6(10-3)16(9,14)15/h1-2,5H,(H2,9,14,15). The van der Waals surface area contributed by atoms with Gasteiger partial charge in [-0.05, 0) is 6.07 Å². The maximum absolute atomic E-state index is 12.2. The predicted octanol–water partition coefficient (Wildman–Crippen LogP) is 0.575. The van der Waals surface area contributed by atoms with Gasteiger partial charge in [-0.25, -0.2) is 27.3 Å². The van der Waals surface area contributed by atoms with Gasteiger partial charge in [0.05, 0.1) is 4.92 Å². The van der Waals surface area contributed by atoms with Crippen LogP contribution >= 0.6 is 0 Å². The average molecular weight is 253 g/mol. The number of pyridine rings is 1. The maximum atomic E-state index is 12.2. The first kappa shape index (κ1) is 12.4. The van der Waals surface area contributed by atoms with E-state index in [1.165, 1.54) is 0 Å². The van der Waals surface area contributed by atoms with Gasteiger partial charge in [-0.3, -0.25) is 10.1 Å².